The first-order valence-corrected chi connectivity index (χ1v) is 5.37. The maximum atomic E-state index is 12.3. The number of methoxy groups -OCH3 is 1. The summed E-state index contributed by atoms with van der Waals surface area (Å²) in [6.45, 7) is 3.78. The zero-order valence-electron chi connectivity index (χ0n) is 10.1. The van der Waals surface area contributed by atoms with Crippen molar-refractivity contribution in [3.63, 3.8) is 0 Å². The molecule has 0 aliphatic rings. The minimum absolute atomic E-state index is 0.145. The summed E-state index contributed by atoms with van der Waals surface area (Å²) in [6.07, 6.45) is 1.52. The highest BCUT2D eigenvalue weighted by molar-refractivity contribution is 6.09. The van der Waals surface area contributed by atoms with Crippen LogP contribution in [0.15, 0.2) is 34.9 Å². The number of benzene rings is 1. The maximum Gasteiger partial charge on any atom is 0.232 e. The monoisotopic (exact) mass is 230 g/mol. The van der Waals surface area contributed by atoms with Gasteiger partial charge in [0.15, 0.2) is 5.76 Å². The van der Waals surface area contributed by atoms with Crippen molar-refractivity contribution in [3.05, 3.63) is 53.0 Å². The van der Waals surface area contributed by atoms with Crippen LogP contribution in [0.25, 0.3) is 0 Å². The zero-order valence-corrected chi connectivity index (χ0v) is 10.1. The predicted octanol–water partition coefficient (Wildman–Crippen LogP) is 3.14. The molecule has 88 valence electrons. The van der Waals surface area contributed by atoms with E-state index in [1.165, 1.54) is 6.26 Å². The van der Waals surface area contributed by atoms with E-state index in [-0.39, 0.29) is 5.78 Å². The number of carbonyl (C=O) groups is 1. The standard InChI is InChI=1S/C14H14O3/c1-9-4-5-12(16-3)11(8-9)13(15)14-10(2)6-7-17-14/h4-8H,1-3H3. The van der Waals surface area contributed by atoms with Gasteiger partial charge in [-0.1, -0.05) is 11.6 Å². The molecule has 0 unspecified atom stereocenters. The molecule has 0 spiro atoms. The SMILES string of the molecule is COc1ccc(C)cc1C(=O)c1occc1C. The first kappa shape index (κ1) is 11.5. The summed E-state index contributed by atoms with van der Waals surface area (Å²) in [5.41, 5.74) is 2.38. The van der Waals surface area contributed by atoms with Gasteiger partial charge in [-0.2, -0.15) is 0 Å². The second-order valence-corrected chi connectivity index (χ2v) is 3.97. The quantitative estimate of drug-likeness (QED) is 0.760. The van der Waals surface area contributed by atoms with Crippen molar-refractivity contribution in [2.75, 3.05) is 7.11 Å². The van der Waals surface area contributed by atoms with Crippen molar-refractivity contribution in [1.82, 2.24) is 0 Å². The third kappa shape index (κ3) is 2.09. The Hall–Kier alpha value is -2.03. The van der Waals surface area contributed by atoms with Gasteiger partial charge in [-0.05, 0) is 37.6 Å². The number of hydrogen-bond acceptors (Lipinski definition) is 3. The normalized spacial score (nSPS) is 10.3. The van der Waals surface area contributed by atoms with Gasteiger partial charge in [0.1, 0.15) is 5.75 Å². The van der Waals surface area contributed by atoms with E-state index in [0.717, 1.165) is 11.1 Å². The minimum Gasteiger partial charge on any atom is -0.496 e. The van der Waals surface area contributed by atoms with Crippen LogP contribution in [0.1, 0.15) is 27.2 Å². The Kier molecular flexibility index (Phi) is 3.00. The van der Waals surface area contributed by atoms with Crippen LogP contribution in [0.5, 0.6) is 5.75 Å². The van der Waals surface area contributed by atoms with Crippen LogP contribution in [-0.4, -0.2) is 12.9 Å². The highest BCUT2D eigenvalue weighted by atomic mass is 16.5. The van der Waals surface area contributed by atoms with Crippen LogP contribution in [0.2, 0.25) is 0 Å². The van der Waals surface area contributed by atoms with Gasteiger partial charge in [-0.15, -0.1) is 0 Å². The summed E-state index contributed by atoms with van der Waals surface area (Å²) in [7, 11) is 1.55. The topological polar surface area (TPSA) is 39.4 Å². The molecule has 0 radical (unpaired) electrons. The lowest BCUT2D eigenvalue weighted by molar-refractivity contribution is 0.101. The Labute approximate surface area is 100 Å². The van der Waals surface area contributed by atoms with Gasteiger partial charge in [0, 0.05) is 0 Å². The first-order valence-electron chi connectivity index (χ1n) is 5.37. The summed E-state index contributed by atoms with van der Waals surface area (Å²) in [4.78, 5) is 12.3. The molecule has 0 fully saturated rings. The molecule has 2 rings (SSSR count). The van der Waals surface area contributed by atoms with E-state index in [4.69, 9.17) is 9.15 Å². The molecule has 3 heteroatoms. The highest BCUT2D eigenvalue weighted by Crippen LogP contribution is 2.24. The molecule has 1 heterocycles. The van der Waals surface area contributed by atoms with Crippen molar-refractivity contribution in [3.8, 4) is 5.75 Å². The number of ketones is 1. The minimum atomic E-state index is -0.145. The van der Waals surface area contributed by atoms with Gasteiger partial charge < -0.3 is 9.15 Å². The van der Waals surface area contributed by atoms with E-state index in [0.29, 0.717) is 17.1 Å². The molecule has 0 aliphatic carbocycles. The number of hydrogen-bond donors (Lipinski definition) is 0. The molecule has 1 aromatic carbocycles. The van der Waals surface area contributed by atoms with Crippen LogP contribution in [0.4, 0.5) is 0 Å². The molecule has 17 heavy (non-hydrogen) atoms. The van der Waals surface area contributed by atoms with Crippen LogP contribution in [-0.2, 0) is 0 Å². The van der Waals surface area contributed by atoms with Crippen molar-refractivity contribution >= 4 is 5.78 Å². The fourth-order valence-corrected chi connectivity index (χ4v) is 1.73. The second kappa shape index (κ2) is 4.45. The van der Waals surface area contributed by atoms with Gasteiger partial charge in [0.05, 0.1) is 18.9 Å². The van der Waals surface area contributed by atoms with Gasteiger partial charge in [0.2, 0.25) is 5.78 Å². The van der Waals surface area contributed by atoms with Crippen LogP contribution in [0.3, 0.4) is 0 Å². The molecule has 0 bridgehead atoms. The lowest BCUT2D eigenvalue weighted by atomic mass is 10.0. The molecular formula is C14H14O3. The fourth-order valence-electron chi connectivity index (χ4n) is 1.73. The van der Waals surface area contributed by atoms with Gasteiger partial charge in [-0.3, -0.25) is 4.79 Å². The predicted molar refractivity (Wildman–Crippen MR) is 64.6 cm³/mol. The number of aryl methyl sites for hydroxylation is 2. The van der Waals surface area contributed by atoms with Gasteiger partial charge >= 0.3 is 0 Å². The highest BCUT2D eigenvalue weighted by Gasteiger charge is 2.19. The number of carbonyl (C=O) groups excluding carboxylic acids is 1. The average molecular weight is 230 g/mol. The van der Waals surface area contributed by atoms with E-state index in [9.17, 15) is 4.79 Å². The van der Waals surface area contributed by atoms with Crippen LogP contribution < -0.4 is 4.74 Å². The Morgan fingerprint density at radius 1 is 1.24 bits per heavy atom. The number of furan rings is 1. The molecular weight excluding hydrogens is 216 g/mol. The van der Waals surface area contributed by atoms with E-state index in [1.54, 1.807) is 19.2 Å². The Balaban J connectivity index is 2.50. The summed E-state index contributed by atoms with van der Waals surface area (Å²) < 4.78 is 10.4. The molecule has 1 aromatic heterocycles. The van der Waals surface area contributed by atoms with Gasteiger partial charge in [-0.25, -0.2) is 0 Å². The third-order valence-electron chi connectivity index (χ3n) is 2.67. The Morgan fingerprint density at radius 2 is 2.00 bits per heavy atom. The Bertz CT molecular complexity index is 552. The molecule has 2 aromatic rings. The summed E-state index contributed by atoms with van der Waals surface area (Å²) >= 11 is 0. The zero-order chi connectivity index (χ0) is 12.4. The fraction of sp³-hybridized carbons (Fsp3) is 0.214. The van der Waals surface area contributed by atoms with Gasteiger partial charge in [0.25, 0.3) is 0 Å². The van der Waals surface area contributed by atoms with Crippen LogP contribution in [0, 0.1) is 13.8 Å². The summed E-state index contributed by atoms with van der Waals surface area (Å²) in [5, 5.41) is 0. The molecule has 0 amide bonds. The largest absolute Gasteiger partial charge is 0.496 e. The molecule has 0 saturated heterocycles. The van der Waals surface area contributed by atoms with Crippen molar-refractivity contribution in [1.29, 1.82) is 0 Å². The second-order valence-electron chi connectivity index (χ2n) is 3.97. The van der Waals surface area contributed by atoms with Crippen molar-refractivity contribution in [2.45, 2.75) is 13.8 Å². The average Bonchev–Trinajstić information content (AvgIpc) is 2.74. The van der Waals surface area contributed by atoms with Crippen molar-refractivity contribution < 1.29 is 13.9 Å². The molecule has 0 N–H and O–H groups in total. The molecule has 0 atom stereocenters. The lowest BCUT2D eigenvalue weighted by Gasteiger charge is -2.07. The van der Waals surface area contributed by atoms with Crippen LogP contribution >= 0.6 is 0 Å². The third-order valence-corrected chi connectivity index (χ3v) is 2.67. The maximum absolute atomic E-state index is 12.3. The molecule has 0 saturated carbocycles. The number of rotatable bonds is 3. The first-order chi connectivity index (χ1) is 8.13. The number of ether oxygens (including phenoxy) is 1. The smallest absolute Gasteiger partial charge is 0.232 e. The van der Waals surface area contributed by atoms with E-state index >= 15 is 0 Å². The summed E-state index contributed by atoms with van der Waals surface area (Å²) in [6, 6.07) is 7.28. The molecule has 0 aliphatic heterocycles. The Morgan fingerprint density at radius 3 is 2.59 bits per heavy atom. The lowest BCUT2D eigenvalue weighted by Crippen LogP contribution is -2.04. The molecule has 3 nitrogen and oxygen atoms in total. The van der Waals surface area contributed by atoms with E-state index < -0.39 is 0 Å². The summed E-state index contributed by atoms with van der Waals surface area (Å²) in [5.74, 6) is 0.790. The van der Waals surface area contributed by atoms with E-state index in [2.05, 4.69) is 0 Å². The van der Waals surface area contributed by atoms with Crippen molar-refractivity contribution in [2.24, 2.45) is 0 Å². The van der Waals surface area contributed by atoms with E-state index in [1.807, 2.05) is 26.0 Å².